The van der Waals surface area contributed by atoms with Crippen LogP contribution in [0.1, 0.15) is 36.0 Å². The molecule has 0 saturated carbocycles. The molecule has 7 heteroatoms. The van der Waals surface area contributed by atoms with Gasteiger partial charge in [-0.15, -0.1) is 0 Å². The molecule has 0 bridgehead atoms. The predicted octanol–water partition coefficient (Wildman–Crippen LogP) is 3.89. The Hall–Kier alpha value is -3.70. The average molecular weight is 586 g/mol. The van der Waals surface area contributed by atoms with E-state index < -0.39 is 0 Å². The number of hydrogen-bond acceptors (Lipinski definition) is 6. The minimum atomic E-state index is -0.102. The standard InChI is InChI=1S/3C10H9O2.Rh/c3*11-7-6-10(12)8-9-4-2-1-3-5-9;/h3*1-5H,6,8H2;/q3*-1;+3. The third kappa shape index (κ3) is 17.4. The third-order valence-corrected chi connectivity index (χ3v) is 4.54. The van der Waals surface area contributed by atoms with Crippen LogP contribution in [0.2, 0.25) is 0 Å². The van der Waals surface area contributed by atoms with Crippen molar-refractivity contribution in [3.63, 3.8) is 0 Å². The van der Waals surface area contributed by atoms with E-state index in [-0.39, 0.29) is 56.1 Å². The van der Waals surface area contributed by atoms with Gasteiger partial charge in [-0.2, -0.15) is 0 Å². The third-order valence-electron chi connectivity index (χ3n) is 4.54. The number of benzene rings is 3. The van der Waals surface area contributed by atoms with Gasteiger partial charge in [0, 0.05) is 19.3 Å². The molecule has 0 N–H and O–H groups in total. The van der Waals surface area contributed by atoms with Crippen molar-refractivity contribution < 1.29 is 48.2 Å². The quantitative estimate of drug-likeness (QED) is 0.181. The molecule has 0 radical (unpaired) electrons. The summed E-state index contributed by atoms with van der Waals surface area (Å²) in [4.78, 5) is 62.4. The Morgan fingerprint density at radius 1 is 0.432 bits per heavy atom. The van der Waals surface area contributed by atoms with E-state index in [2.05, 4.69) is 0 Å². The first-order valence-corrected chi connectivity index (χ1v) is 11.2. The largest absolute Gasteiger partial charge is 3.00 e. The number of carbonyl (C=O) groups is 3. The minimum absolute atomic E-state index is 0. The summed E-state index contributed by atoms with van der Waals surface area (Å²) in [7, 11) is 0. The zero-order chi connectivity index (χ0) is 26.4. The van der Waals surface area contributed by atoms with Gasteiger partial charge < -0.3 is 28.8 Å². The van der Waals surface area contributed by atoms with Crippen molar-refractivity contribution in [2.45, 2.75) is 38.5 Å². The Morgan fingerprint density at radius 3 is 0.838 bits per heavy atom. The second kappa shape index (κ2) is 21.6. The van der Waals surface area contributed by atoms with Crippen LogP contribution in [-0.2, 0) is 67.5 Å². The Morgan fingerprint density at radius 2 is 0.649 bits per heavy atom. The van der Waals surface area contributed by atoms with Gasteiger partial charge in [-0.25, -0.2) is 0 Å². The molecular weight excluding hydrogens is 559 g/mol. The zero-order valence-electron chi connectivity index (χ0n) is 20.2. The molecule has 0 aliphatic carbocycles. The van der Waals surface area contributed by atoms with Crippen LogP contribution < -0.4 is 0 Å². The fourth-order valence-corrected chi connectivity index (χ4v) is 2.90. The fraction of sp³-hybridized carbons (Fsp3) is 0.200. The molecule has 0 aliphatic rings. The predicted molar refractivity (Wildman–Crippen MR) is 136 cm³/mol. The summed E-state index contributed by atoms with van der Waals surface area (Å²) in [6, 6.07) is 28.1. The van der Waals surface area contributed by atoms with E-state index in [1.54, 1.807) is 18.9 Å². The summed E-state index contributed by atoms with van der Waals surface area (Å²) in [5, 5.41) is 0. The second-order valence-corrected chi connectivity index (χ2v) is 7.57. The maximum absolute atomic E-state index is 10.9. The molecule has 0 fully saturated rings. The maximum atomic E-state index is 10.9. The van der Waals surface area contributed by atoms with Crippen LogP contribution in [0.5, 0.6) is 0 Å². The summed E-state index contributed by atoms with van der Waals surface area (Å²) in [6.07, 6.45) is 5.45. The van der Waals surface area contributed by atoms with Gasteiger partial charge >= 0.3 is 19.5 Å². The molecule has 0 amide bonds. The van der Waals surface area contributed by atoms with Gasteiger partial charge in [0.2, 0.25) is 0 Å². The van der Waals surface area contributed by atoms with Gasteiger partial charge in [0.1, 0.15) is 17.3 Å². The van der Waals surface area contributed by atoms with Crippen molar-refractivity contribution in [1.82, 2.24) is 0 Å². The SMILES string of the molecule is O=[C-]CC(=O)Cc1ccccc1.O=[C-]CC(=O)Cc1ccccc1.O=[C-]CC(=O)Cc1ccccc1.[Rh+3]. The fourth-order valence-electron chi connectivity index (χ4n) is 2.90. The van der Waals surface area contributed by atoms with Crippen molar-refractivity contribution in [3.8, 4) is 0 Å². The maximum Gasteiger partial charge on any atom is 3.00 e. The average Bonchev–Trinajstić information content (AvgIpc) is 2.87. The Labute approximate surface area is 230 Å². The summed E-state index contributed by atoms with van der Waals surface area (Å²) in [5.74, 6) is -0.261. The van der Waals surface area contributed by atoms with Crippen LogP contribution in [-0.4, -0.2) is 36.2 Å². The van der Waals surface area contributed by atoms with Crippen LogP contribution >= 0.6 is 0 Å². The van der Waals surface area contributed by atoms with Crippen molar-refractivity contribution in [3.05, 3.63) is 108 Å². The summed E-state index contributed by atoms with van der Waals surface area (Å²) < 4.78 is 0. The van der Waals surface area contributed by atoms with E-state index in [1.807, 2.05) is 91.0 Å². The zero-order valence-corrected chi connectivity index (χ0v) is 21.8. The number of hydrogen-bond donors (Lipinski definition) is 0. The van der Waals surface area contributed by atoms with E-state index in [0.29, 0.717) is 19.3 Å². The smallest absolute Gasteiger partial charge is 0.541 e. The van der Waals surface area contributed by atoms with Crippen molar-refractivity contribution in [2.75, 3.05) is 0 Å². The van der Waals surface area contributed by atoms with Crippen LogP contribution in [0.4, 0.5) is 0 Å². The Bertz CT molecular complexity index is 941. The number of Topliss-reactive ketones (excluding diaryl/α,β-unsaturated/α-hetero) is 3. The molecule has 37 heavy (non-hydrogen) atoms. The molecule has 3 aromatic rings. The molecule has 0 saturated heterocycles. The van der Waals surface area contributed by atoms with Crippen LogP contribution in [0.3, 0.4) is 0 Å². The normalized spacial score (nSPS) is 9.08. The molecule has 0 atom stereocenters. The van der Waals surface area contributed by atoms with Crippen molar-refractivity contribution >= 4 is 36.2 Å². The molecule has 0 heterocycles. The molecule has 0 spiro atoms. The second-order valence-electron chi connectivity index (χ2n) is 7.57. The van der Waals surface area contributed by atoms with E-state index in [4.69, 9.17) is 0 Å². The van der Waals surface area contributed by atoms with Crippen LogP contribution in [0, 0.1) is 0 Å². The van der Waals surface area contributed by atoms with Crippen molar-refractivity contribution in [1.29, 1.82) is 0 Å². The first-order valence-electron chi connectivity index (χ1n) is 11.2. The molecule has 0 aromatic heterocycles. The monoisotopic (exact) mass is 586 g/mol. The van der Waals surface area contributed by atoms with E-state index in [9.17, 15) is 28.8 Å². The number of rotatable bonds is 12. The Balaban J connectivity index is 0.000000518. The first kappa shape index (κ1) is 33.3. The van der Waals surface area contributed by atoms with Gasteiger partial charge in [0.25, 0.3) is 0 Å². The molecule has 6 nitrogen and oxygen atoms in total. The molecule has 3 aromatic carbocycles. The Kier molecular flexibility index (Phi) is 19.4. The molecule has 0 unspecified atom stereocenters. The minimum Gasteiger partial charge on any atom is -0.541 e. The molecule has 3 rings (SSSR count). The van der Waals surface area contributed by atoms with Crippen LogP contribution in [0.15, 0.2) is 91.0 Å². The topological polar surface area (TPSA) is 102 Å². The first-order chi connectivity index (χ1) is 17.5. The summed E-state index contributed by atoms with van der Waals surface area (Å²) in [5.41, 5.74) is 2.83. The van der Waals surface area contributed by atoms with Crippen LogP contribution in [0.25, 0.3) is 0 Å². The molecular formula is C30H27O6Rh. The summed E-state index contributed by atoms with van der Waals surface area (Å²) in [6.45, 7) is 0. The van der Waals surface area contributed by atoms with E-state index in [0.717, 1.165) is 16.7 Å². The molecule has 192 valence electrons. The van der Waals surface area contributed by atoms with Gasteiger partial charge in [-0.1, -0.05) is 110 Å². The number of ketones is 3. The van der Waals surface area contributed by atoms with Crippen molar-refractivity contribution in [2.24, 2.45) is 0 Å². The van der Waals surface area contributed by atoms with Gasteiger partial charge in [-0.05, 0) is 16.7 Å². The van der Waals surface area contributed by atoms with Gasteiger partial charge in [0.15, 0.2) is 0 Å². The molecule has 0 aliphatic heterocycles. The van der Waals surface area contributed by atoms with Gasteiger partial charge in [0.05, 0.1) is 0 Å². The van der Waals surface area contributed by atoms with E-state index in [1.165, 1.54) is 0 Å². The summed E-state index contributed by atoms with van der Waals surface area (Å²) >= 11 is 0. The van der Waals surface area contributed by atoms with E-state index >= 15 is 0 Å². The number of carbonyl (C=O) groups excluding carboxylic acids is 6. The van der Waals surface area contributed by atoms with Gasteiger partial charge in [-0.3, -0.25) is 18.9 Å².